The minimum atomic E-state index is -1.46. The maximum atomic E-state index is 10.1. The first-order chi connectivity index (χ1) is 4.16. The predicted molar refractivity (Wildman–Crippen MR) is 31.6 cm³/mol. The van der Waals surface area contributed by atoms with Gasteiger partial charge in [-0.25, -0.2) is 14.9 Å². The summed E-state index contributed by atoms with van der Waals surface area (Å²) in [6.45, 7) is 0. The number of amides is 3. The van der Waals surface area contributed by atoms with Crippen LogP contribution < -0.4 is 5.32 Å². The molecule has 0 aliphatic heterocycles. The van der Waals surface area contributed by atoms with Crippen LogP contribution >= 0.6 is 12.2 Å². The van der Waals surface area contributed by atoms with E-state index in [4.69, 9.17) is 5.11 Å². The summed E-state index contributed by atoms with van der Waals surface area (Å²) in [6.07, 6.45) is -1.46. The molecule has 0 radical (unpaired) electrons. The zero-order valence-corrected chi connectivity index (χ0v) is 4.94. The molecular formula is C3H2N2O3S. The van der Waals surface area contributed by atoms with Crippen molar-refractivity contribution < 1.29 is 14.7 Å². The van der Waals surface area contributed by atoms with E-state index < -0.39 is 12.1 Å². The van der Waals surface area contributed by atoms with E-state index in [-0.39, 0.29) is 0 Å². The highest BCUT2D eigenvalue weighted by Crippen LogP contribution is 1.69. The predicted octanol–water partition coefficient (Wildman–Crippen LogP) is 0.477. The summed E-state index contributed by atoms with van der Waals surface area (Å²) < 4.78 is 0. The van der Waals surface area contributed by atoms with E-state index in [9.17, 15) is 9.59 Å². The van der Waals surface area contributed by atoms with Crippen molar-refractivity contribution in [2.75, 3.05) is 0 Å². The average Bonchev–Trinajstić information content (AvgIpc) is 1.63. The van der Waals surface area contributed by atoms with Crippen LogP contribution in [0.2, 0.25) is 0 Å². The lowest BCUT2D eigenvalue weighted by Crippen LogP contribution is -2.25. The van der Waals surface area contributed by atoms with Crippen molar-refractivity contribution in [3.63, 3.8) is 0 Å². The molecule has 3 amide bonds. The Bertz CT molecular complexity index is 183. The molecule has 9 heavy (non-hydrogen) atoms. The smallest absolute Gasteiger partial charge is 0.412 e. The molecule has 0 aromatic rings. The van der Waals surface area contributed by atoms with Gasteiger partial charge in [0.2, 0.25) is 0 Å². The summed E-state index contributed by atoms with van der Waals surface area (Å²) in [5.74, 6) is 0. The highest BCUT2D eigenvalue weighted by atomic mass is 32.1. The van der Waals surface area contributed by atoms with Crippen molar-refractivity contribution in [2.24, 2.45) is 4.99 Å². The van der Waals surface area contributed by atoms with Crippen LogP contribution in [0.3, 0.4) is 0 Å². The van der Waals surface area contributed by atoms with Gasteiger partial charge in [0.05, 0.1) is 5.16 Å². The van der Waals surface area contributed by atoms with Crippen LogP contribution in [0.4, 0.5) is 9.59 Å². The molecule has 2 N–H and O–H groups in total. The number of carboxylic acid groups (broad SMARTS) is 1. The molecule has 0 aromatic heterocycles. The fourth-order valence-electron chi connectivity index (χ4n) is 0.161. The van der Waals surface area contributed by atoms with Crippen molar-refractivity contribution in [3.05, 3.63) is 0 Å². The number of imide groups is 1. The number of nitrogens with zero attached hydrogens (tertiary/aromatic N) is 1. The molecule has 0 unspecified atom stereocenters. The number of hydrogen-bond acceptors (Lipinski definition) is 3. The number of isothiocyanates is 1. The van der Waals surface area contributed by atoms with Crippen LogP contribution in [0.5, 0.6) is 0 Å². The lowest BCUT2D eigenvalue weighted by Gasteiger charge is -1.86. The van der Waals surface area contributed by atoms with Crippen molar-refractivity contribution in [1.29, 1.82) is 0 Å². The first-order valence-electron chi connectivity index (χ1n) is 1.78. The third kappa shape index (κ3) is 4.60. The Balaban J connectivity index is 3.78. The number of hydrogen-bond donors (Lipinski definition) is 2. The fraction of sp³-hybridized carbons (Fsp3) is 0. The highest BCUT2D eigenvalue weighted by Gasteiger charge is 1.99. The van der Waals surface area contributed by atoms with Gasteiger partial charge < -0.3 is 5.11 Å². The van der Waals surface area contributed by atoms with Crippen molar-refractivity contribution >= 4 is 29.5 Å². The van der Waals surface area contributed by atoms with Crippen LogP contribution in [0.15, 0.2) is 4.99 Å². The number of rotatable bonds is 0. The quantitative estimate of drug-likeness (QED) is 0.384. The topological polar surface area (TPSA) is 78.8 Å². The molecule has 0 aromatic carbocycles. The minimum Gasteiger partial charge on any atom is -0.465 e. The van der Waals surface area contributed by atoms with Crippen LogP contribution in [0, 0.1) is 0 Å². The summed E-state index contributed by atoms with van der Waals surface area (Å²) in [6, 6.07) is -1.03. The normalized spacial score (nSPS) is 7.11. The molecule has 0 fully saturated rings. The van der Waals surface area contributed by atoms with E-state index in [1.807, 2.05) is 0 Å². The second kappa shape index (κ2) is 3.71. The van der Waals surface area contributed by atoms with E-state index in [2.05, 4.69) is 17.2 Å². The van der Waals surface area contributed by atoms with Crippen molar-refractivity contribution in [3.8, 4) is 0 Å². The second-order valence-corrected chi connectivity index (χ2v) is 1.12. The molecule has 0 saturated heterocycles. The average molecular weight is 146 g/mol. The minimum absolute atomic E-state index is 1.03. The number of aliphatic imine (C=N–C) groups is 1. The van der Waals surface area contributed by atoms with Gasteiger partial charge in [-0.05, 0) is 12.2 Å². The van der Waals surface area contributed by atoms with E-state index in [0.29, 0.717) is 0 Å². The molecule has 48 valence electrons. The molecular weight excluding hydrogens is 144 g/mol. The third-order valence-corrected chi connectivity index (χ3v) is 0.452. The number of nitrogens with one attached hydrogen (secondary N) is 1. The molecule has 5 nitrogen and oxygen atoms in total. The SMILES string of the molecule is O=C(O)NC(=O)N=C=S. The first kappa shape index (κ1) is 7.74. The molecule has 0 heterocycles. The lowest BCUT2D eigenvalue weighted by atomic mass is 11.0. The summed E-state index contributed by atoms with van der Waals surface area (Å²) in [5, 5.41) is 11.0. The van der Waals surface area contributed by atoms with Crippen LogP contribution in [-0.2, 0) is 0 Å². The van der Waals surface area contributed by atoms with E-state index in [0.717, 1.165) is 0 Å². The largest absolute Gasteiger partial charge is 0.465 e. The zero-order valence-electron chi connectivity index (χ0n) is 4.12. The van der Waals surface area contributed by atoms with E-state index in [1.165, 1.54) is 5.32 Å². The molecule has 0 atom stereocenters. The Hall–Kier alpha value is -1.26. The number of carbonyl (C=O) groups excluding carboxylic acids is 1. The second-order valence-electron chi connectivity index (χ2n) is 0.938. The fourth-order valence-corrected chi connectivity index (χ4v) is 0.244. The number of thiocarbonyl (C=S) groups is 1. The Morgan fingerprint density at radius 2 is 2.22 bits per heavy atom. The van der Waals surface area contributed by atoms with Gasteiger partial charge in [-0.2, -0.15) is 0 Å². The van der Waals surface area contributed by atoms with Crippen molar-refractivity contribution in [1.82, 2.24) is 5.32 Å². The molecule has 0 rings (SSSR count). The molecule has 0 bridgehead atoms. The first-order valence-corrected chi connectivity index (χ1v) is 2.19. The van der Waals surface area contributed by atoms with Crippen molar-refractivity contribution in [2.45, 2.75) is 0 Å². The summed E-state index contributed by atoms with van der Waals surface area (Å²) in [7, 11) is 0. The maximum absolute atomic E-state index is 10.1. The molecule has 0 aliphatic rings. The molecule has 0 saturated carbocycles. The van der Waals surface area contributed by atoms with Crippen LogP contribution in [-0.4, -0.2) is 22.4 Å². The van der Waals surface area contributed by atoms with Crippen LogP contribution in [0.1, 0.15) is 0 Å². The Morgan fingerprint density at radius 1 is 1.67 bits per heavy atom. The Kier molecular flexibility index (Phi) is 3.19. The highest BCUT2D eigenvalue weighted by molar-refractivity contribution is 7.78. The van der Waals surface area contributed by atoms with Gasteiger partial charge >= 0.3 is 12.1 Å². The lowest BCUT2D eigenvalue weighted by molar-refractivity contribution is 0.193. The van der Waals surface area contributed by atoms with Gasteiger partial charge in [-0.3, -0.25) is 0 Å². The summed E-state index contributed by atoms with van der Waals surface area (Å²) >= 11 is 4.01. The number of urea groups is 1. The molecule has 6 heteroatoms. The third-order valence-electron chi connectivity index (χ3n) is 0.361. The van der Waals surface area contributed by atoms with Gasteiger partial charge in [0.15, 0.2) is 0 Å². The van der Waals surface area contributed by atoms with Gasteiger partial charge in [-0.15, -0.1) is 4.99 Å². The van der Waals surface area contributed by atoms with E-state index >= 15 is 0 Å². The Labute approximate surface area is 55.4 Å². The molecule has 0 aliphatic carbocycles. The van der Waals surface area contributed by atoms with Gasteiger partial charge in [0.1, 0.15) is 0 Å². The van der Waals surface area contributed by atoms with Gasteiger partial charge in [0.25, 0.3) is 0 Å². The summed E-state index contributed by atoms with van der Waals surface area (Å²) in [4.78, 5) is 22.5. The maximum Gasteiger partial charge on any atom is 0.412 e. The Morgan fingerprint density at radius 3 is 2.56 bits per heavy atom. The van der Waals surface area contributed by atoms with E-state index in [1.54, 1.807) is 5.16 Å². The zero-order chi connectivity index (χ0) is 7.28. The number of carbonyl (C=O) groups is 2. The molecule has 0 spiro atoms. The standard InChI is InChI=1S/C3H2N2O3S/c6-2(4-1-9)5-3(7)8/h(H,5,6)(H,7,8). The van der Waals surface area contributed by atoms with Crippen LogP contribution in [0.25, 0.3) is 0 Å². The summed E-state index contributed by atoms with van der Waals surface area (Å²) in [5.41, 5.74) is 0. The van der Waals surface area contributed by atoms with Gasteiger partial charge in [-0.1, -0.05) is 0 Å². The van der Waals surface area contributed by atoms with Gasteiger partial charge in [0, 0.05) is 0 Å². The monoisotopic (exact) mass is 146 g/mol.